The molecule has 5 rings (SSSR count). The van der Waals surface area contributed by atoms with Gasteiger partial charge in [0.15, 0.2) is 0 Å². The minimum atomic E-state index is -0.704. The fourth-order valence-corrected chi connectivity index (χ4v) is 4.23. The van der Waals surface area contributed by atoms with Crippen LogP contribution in [0, 0.1) is 25.5 Å². The number of benzene rings is 1. The van der Waals surface area contributed by atoms with E-state index >= 15 is 0 Å². The van der Waals surface area contributed by atoms with E-state index in [2.05, 4.69) is 25.4 Å². The fraction of sp³-hybridized carbons (Fsp3) is 0.348. The van der Waals surface area contributed by atoms with Crippen molar-refractivity contribution in [3.63, 3.8) is 0 Å². The van der Waals surface area contributed by atoms with Crippen molar-refractivity contribution < 1.29 is 13.9 Å². The SMILES string of the molecule is Cc1nc(N2CCC(C)(O)CC2)cc2c1N=C(c1c(F)cccc1F)Nc1c-2n[nH]c1C. The number of aliphatic imine (C=N–C) groups is 1. The highest BCUT2D eigenvalue weighted by Crippen LogP contribution is 2.42. The zero-order valence-electron chi connectivity index (χ0n) is 18.1. The Morgan fingerprint density at radius 3 is 2.50 bits per heavy atom. The van der Waals surface area contributed by atoms with E-state index in [1.165, 1.54) is 18.2 Å². The van der Waals surface area contributed by atoms with Crippen LogP contribution in [0.1, 0.15) is 36.7 Å². The second-order valence-corrected chi connectivity index (χ2v) is 8.70. The summed E-state index contributed by atoms with van der Waals surface area (Å²) in [5.74, 6) is -0.578. The first-order chi connectivity index (χ1) is 15.2. The summed E-state index contributed by atoms with van der Waals surface area (Å²) < 4.78 is 29.2. The Labute approximate surface area is 184 Å². The molecule has 0 radical (unpaired) electrons. The van der Waals surface area contributed by atoms with Gasteiger partial charge in [0.05, 0.1) is 33.9 Å². The van der Waals surface area contributed by atoms with Crippen LogP contribution in [-0.4, -0.2) is 44.8 Å². The lowest BCUT2D eigenvalue weighted by molar-refractivity contribution is 0.0350. The van der Waals surface area contributed by atoms with Crippen molar-refractivity contribution in [2.45, 2.75) is 39.2 Å². The summed E-state index contributed by atoms with van der Waals surface area (Å²) in [5.41, 5.74) is 2.91. The Hall–Kier alpha value is -3.33. The minimum Gasteiger partial charge on any atom is -0.390 e. The predicted octanol–water partition coefficient (Wildman–Crippen LogP) is 4.22. The maximum absolute atomic E-state index is 14.6. The molecule has 0 aliphatic carbocycles. The van der Waals surface area contributed by atoms with E-state index in [9.17, 15) is 13.9 Å². The number of halogens is 2. The molecule has 1 fully saturated rings. The third-order valence-electron chi connectivity index (χ3n) is 6.19. The number of hydrogen-bond acceptors (Lipinski definition) is 6. The second-order valence-electron chi connectivity index (χ2n) is 8.70. The van der Waals surface area contributed by atoms with E-state index in [1.54, 1.807) is 0 Å². The molecule has 0 bridgehead atoms. The van der Waals surface area contributed by atoms with Crippen LogP contribution in [0.5, 0.6) is 0 Å². The Morgan fingerprint density at radius 1 is 1.12 bits per heavy atom. The fourth-order valence-electron chi connectivity index (χ4n) is 4.23. The maximum Gasteiger partial charge on any atom is 0.144 e. The average molecular weight is 438 g/mol. The molecule has 2 aliphatic heterocycles. The van der Waals surface area contributed by atoms with Gasteiger partial charge in [-0.3, -0.25) is 5.10 Å². The number of nitrogens with zero attached hydrogens (tertiary/aromatic N) is 4. The van der Waals surface area contributed by atoms with Crippen LogP contribution in [-0.2, 0) is 0 Å². The van der Waals surface area contributed by atoms with Crippen molar-refractivity contribution in [3.8, 4) is 11.3 Å². The van der Waals surface area contributed by atoms with Crippen LogP contribution in [0.3, 0.4) is 0 Å². The van der Waals surface area contributed by atoms with E-state index in [-0.39, 0.29) is 11.4 Å². The molecule has 3 N–H and O–H groups in total. The molecular weight excluding hydrogens is 414 g/mol. The number of amidine groups is 1. The number of aromatic nitrogens is 3. The summed E-state index contributed by atoms with van der Waals surface area (Å²) in [6.07, 6.45) is 1.29. The van der Waals surface area contributed by atoms with Crippen LogP contribution in [0.15, 0.2) is 29.3 Å². The second kappa shape index (κ2) is 7.37. The van der Waals surface area contributed by atoms with Gasteiger partial charge in [0.2, 0.25) is 0 Å². The first-order valence-electron chi connectivity index (χ1n) is 10.6. The summed E-state index contributed by atoms with van der Waals surface area (Å²) in [7, 11) is 0. The van der Waals surface area contributed by atoms with Gasteiger partial charge in [-0.05, 0) is 51.8 Å². The molecule has 0 spiro atoms. The molecule has 32 heavy (non-hydrogen) atoms. The van der Waals surface area contributed by atoms with Crippen molar-refractivity contribution in [1.29, 1.82) is 0 Å². The first-order valence-corrected chi connectivity index (χ1v) is 10.6. The van der Waals surface area contributed by atoms with Crippen LogP contribution < -0.4 is 10.2 Å². The summed E-state index contributed by atoms with van der Waals surface area (Å²) >= 11 is 0. The number of nitrogens with one attached hydrogen (secondary N) is 2. The molecule has 1 aromatic carbocycles. The minimum absolute atomic E-state index is 0.0665. The maximum atomic E-state index is 14.6. The number of piperidine rings is 1. The topological polar surface area (TPSA) is 89.4 Å². The highest BCUT2D eigenvalue weighted by molar-refractivity contribution is 6.14. The molecule has 0 saturated carbocycles. The van der Waals surface area contributed by atoms with Gasteiger partial charge < -0.3 is 15.3 Å². The summed E-state index contributed by atoms with van der Waals surface area (Å²) in [4.78, 5) is 11.5. The van der Waals surface area contributed by atoms with Gasteiger partial charge in [0, 0.05) is 18.7 Å². The zero-order chi connectivity index (χ0) is 22.6. The zero-order valence-corrected chi connectivity index (χ0v) is 18.1. The Bertz CT molecular complexity index is 1220. The Balaban J connectivity index is 1.67. The highest BCUT2D eigenvalue weighted by Gasteiger charge is 2.30. The van der Waals surface area contributed by atoms with E-state index in [1.807, 2.05) is 26.8 Å². The third-order valence-corrected chi connectivity index (χ3v) is 6.19. The number of anilines is 2. The molecule has 1 saturated heterocycles. The molecule has 4 heterocycles. The van der Waals surface area contributed by atoms with Crippen molar-refractivity contribution in [2.75, 3.05) is 23.3 Å². The van der Waals surface area contributed by atoms with E-state index < -0.39 is 17.2 Å². The van der Waals surface area contributed by atoms with Crippen molar-refractivity contribution in [2.24, 2.45) is 4.99 Å². The highest BCUT2D eigenvalue weighted by atomic mass is 19.1. The largest absolute Gasteiger partial charge is 0.390 e. The van der Waals surface area contributed by atoms with Gasteiger partial charge in [0.25, 0.3) is 0 Å². The van der Waals surface area contributed by atoms with Crippen molar-refractivity contribution >= 4 is 23.0 Å². The normalized spacial score (nSPS) is 17.2. The van der Waals surface area contributed by atoms with Crippen LogP contribution in [0.4, 0.5) is 26.0 Å². The summed E-state index contributed by atoms with van der Waals surface area (Å²) in [5, 5.41) is 20.8. The quantitative estimate of drug-likeness (QED) is 0.557. The molecule has 9 heteroatoms. The van der Waals surface area contributed by atoms with Crippen molar-refractivity contribution in [3.05, 3.63) is 52.9 Å². The van der Waals surface area contributed by atoms with Crippen molar-refractivity contribution in [1.82, 2.24) is 15.2 Å². The molecule has 3 aromatic rings. The van der Waals surface area contributed by atoms with Gasteiger partial charge in [-0.2, -0.15) is 5.10 Å². The first kappa shape index (κ1) is 20.6. The number of fused-ring (bicyclic) bond motifs is 3. The summed E-state index contributed by atoms with van der Waals surface area (Å²) in [6.45, 7) is 6.87. The number of aromatic amines is 1. The Morgan fingerprint density at radius 2 is 1.81 bits per heavy atom. The molecule has 2 aromatic heterocycles. The van der Waals surface area contributed by atoms with Gasteiger partial charge >= 0.3 is 0 Å². The molecular formula is C23H24F2N6O. The number of hydrogen-bond donors (Lipinski definition) is 3. The van der Waals surface area contributed by atoms with Gasteiger partial charge in [-0.1, -0.05) is 6.07 Å². The molecule has 0 amide bonds. The molecule has 166 valence electrons. The van der Waals surface area contributed by atoms with Gasteiger partial charge in [0.1, 0.15) is 29.0 Å². The third kappa shape index (κ3) is 3.42. The monoisotopic (exact) mass is 438 g/mol. The predicted molar refractivity (Wildman–Crippen MR) is 120 cm³/mol. The molecule has 2 aliphatic rings. The van der Waals surface area contributed by atoms with Crippen LogP contribution in [0.2, 0.25) is 0 Å². The lowest BCUT2D eigenvalue weighted by Gasteiger charge is -2.36. The standard InChI is InChI=1S/C23H24F2N6O/c1-12-19-14(11-17(26-12)31-9-7-23(3,32)8-10-31)21-20(13(2)29-30-21)28-22(27-19)18-15(24)5-4-6-16(18)25/h4-6,11,32H,7-10H2,1-3H3,(H,27,28)(H,29,30). The molecule has 0 unspecified atom stereocenters. The number of rotatable bonds is 2. The Kier molecular flexibility index (Phi) is 4.74. The number of aliphatic hydroxyl groups is 1. The number of H-pyrrole nitrogens is 1. The van der Waals surface area contributed by atoms with E-state index in [4.69, 9.17) is 4.98 Å². The lowest BCUT2D eigenvalue weighted by atomic mass is 9.94. The van der Waals surface area contributed by atoms with Crippen LogP contribution in [0.25, 0.3) is 11.3 Å². The smallest absolute Gasteiger partial charge is 0.144 e. The van der Waals surface area contributed by atoms with Gasteiger partial charge in [-0.15, -0.1) is 0 Å². The number of aryl methyl sites for hydroxylation is 2. The van der Waals surface area contributed by atoms with Gasteiger partial charge in [-0.25, -0.2) is 18.8 Å². The molecule has 7 nitrogen and oxygen atoms in total. The van der Waals surface area contributed by atoms with Crippen LogP contribution >= 0.6 is 0 Å². The summed E-state index contributed by atoms with van der Waals surface area (Å²) in [6, 6.07) is 5.64. The molecule has 0 atom stereocenters. The number of pyridine rings is 1. The lowest BCUT2D eigenvalue weighted by Crippen LogP contribution is -2.42. The van der Waals surface area contributed by atoms with E-state index in [0.717, 1.165) is 17.1 Å². The average Bonchev–Trinajstić information content (AvgIpc) is 3.00. The van der Waals surface area contributed by atoms with E-state index in [0.29, 0.717) is 48.7 Å².